The van der Waals surface area contributed by atoms with Gasteiger partial charge in [0.15, 0.2) is 0 Å². The molecule has 0 radical (unpaired) electrons. The Labute approximate surface area is 86.3 Å². The molecule has 0 aliphatic heterocycles. The van der Waals surface area contributed by atoms with Crippen LogP contribution in [0.25, 0.3) is 10.1 Å². The Bertz CT molecular complexity index is 438. The molecule has 14 heavy (non-hydrogen) atoms. The van der Waals surface area contributed by atoms with Crippen molar-refractivity contribution in [2.75, 3.05) is 0 Å². The van der Waals surface area contributed by atoms with Gasteiger partial charge in [-0.25, -0.2) is 0 Å². The van der Waals surface area contributed by atoms with E-state index < -0.39 is 6.10 Å². The summed E-state index contributed by atoms with van der Waals surface area (Å²) in [6.07, 6.45) is 1.19. The SMILES string of the molecule is CC(N)C(O)c1cccc2cnsc12. The van der Waals surface area contributed by atoms with Crippen molar-refractivity contribution >= 4 is 21.6 Å². The average Bonchev–Trinajstić information content (AvgIpc) is 2.63. The van der Waals surface area contributed by atoms with Crippen molar-refractivity contribution in [3.63, 3.8) is 0 Å². The Morgan fingerprint density at radius 2 is 2.29 bits per heavy atom. The molecule has 2 atom stereocenters. The molecule has 0 bridgehead atoms. The summed E-state index contributed by atoms with van der Waals surface area (Å²) in [4.78, 5) is 0. The molecular weight excluding hydrogens is 196 g/mol. The van der Waals surface area contributed by atoms with Gasteiger partial charge >= 0.3 is 0 Å². The van der Waals surface area contributed by atoms with Crippen molar-refractivity contribution in [1.82, 2.24) is 4.37 Å². The molecule has 2 rings (SSSR count). The van der Waals surface area contributed by atoms with Crippen LogP contribution in [0.2, 0.25) is 0 Å². The van der Waals surface area contributed by atoms with E-state index in [9.17, 15) is 5.11 Å². The van der Waals surface area contributed by atoms with Crippen LogP contribution in [0.1, 0.15) is 18.6 Å². The minimum atomic E-state index is -0.612. The van der Waals surface area contributed by atoms with Crippen LogP contribution in [0.3, 0.4) is 0 Å². The van der Waals surface area contributed by atoms with Gasteiger partial charge in [-0.05, 0) is 18.5 Å². The largest absolute Gasteiger partial charge is 0.387 e. The normalized spacial score (nSPS) is 15.6. The average molecular weight is 208 g/mol. The summed E-state index contributed by atoms with van der Waals surface area (Å²) in [5, 5.41) is 10.9. The highest BCUT2D eigenvalue weighted by atomic mass is 32.1. The maximum absolute atomic E-state index is 9.87. The van der Waals surface area contributed by atoms with E-state index in [2.05, 4.69) is 4.37 Å². The van der Waals surface area contributed by atoms with Crippen molar-refractivity contribution < 1.29 is 5.11 Å². The zero-order valence-corrected chi connectivity index (χ0v) is 8.66. The molecule has 0 fully saturated rings. The molecule has 3 N–H and O–H groups in total. The minimum Gasteiger partial charge on any atom is -0.387 e. The van der Waals surface area contributed by atoms with Crippen LogP contribution >= 0.6 is 11.5 Å². The molecule has 0 aliphatic carbocycles. The van der Waals surface area contributed by atoms with E-state index in [1.54, 1.807) is 13.1 Å². The Morgan fingerprint density at radius 3 is 3.00 bits per heavy atom. The molecule has 3 nitrogen and oxygen atoms in total. The van der Waals surface area contributed by atoms with Gasteiger partial charge in [0.2, 0.25) is 0 Å². The number of hydrogen-bond donors (Lipinski definition) is 2. The fourth-order valence-electron chi connectivity index (χ4n) is 1.43. The number of aliphatic hydroxyl groups excluding tert-OH is 1. The number of benzene rings is 1. The van der Waals surface area contributed by atoms with E-state index in [4.69, 9.17) is 5.73 Å². The van der Waals surface area contributed by atoms with Crippen LogP contribution in [0, 0.1) is 0 Å². The predicted molar refractivity (Wildman–Crippen MR) is 58.2 cm³/mol. The van der Waals surface area contributed by atoms with Crippen LogP contribution < -0.4 is 5.73 Å². The number of rotatable bonds is 2. The summed E-state index contributed by atoms with van der Waals surface area (Å²) in [6, 6.07) is 5.53. The molecule has 4 heteroatoms. The lowest BCUT2D eigenvalue weighted by Crippen LogP contribution is -2.24. The van der Waals surface area contributed by atoms with Crippen LogP contribution in [-0.2, 0) is 0 Å². The lowest BCUT2D eigenvalue weighted by Gasteiger charge is -2.15. The van der Waals surface area contributed by atoms with Gasteiger partial charge in [0.05, 0.1) is 10.8 Å². The van der Waals surface area contributed by atoms with Crippen molar-refractivity contribution in [3.8, 4) is 0 Å². The molecule has 1 aromatic heterocycles. The molecule has 0 aliphatic rings. The third kappa shape index (κ3) is 1.52. The van der Waals surface area contributed by atoms with Crippen LogP contribution in [-0.4, -0.2) is 15.5 Å². The van der Waals surface area contributed by atoms with E-state index in [0.717, 1.165) is 15.6 Å². The van der Waals surface area contributed by atoms with Gasteiger partial charge in [-0.2, -0.15) is 4.37 Å². The Kier molecular flexibility index (Phi) is 2.50. The highest BCUT2D eigenvalue weighted by molar-refractivity contribution is 7.13. The number of nitrogens with zero attached hydrogens (tertiary/aromatic N) is 1. The number of fused-ring (bicyclic) bond motifs is 1. The summed E-state index contributed by atoms with van der Waals surface area (Å²) in [6.45, 7) is 1.80. The van der Waals surface area contributed by atoms with Crippen molar-refractivity contribution in [2.24, 2.45) is 5.73 Å². The summed E-state index contributed by atoms with van der Waals surface area (Å²) in [7, 11) is 0. The van der Waals surface area contributed by atoms with Crippen molar-refractivity contribution in [1.29, 1.82) is 0 Å². The van der Waals surface area contributed by atoms with Crippen molar-refractivity contribution in [3.05, 3.63) is 30.0 Å². The Hall–Kier alpha value is -0.970. The molecular formula is C10H12N2OS. The van der Waals surface area contributed by atoms with Crippen LogP contribution in [0.5, 0.6) is 0 Å². The fourth-order valence-corrected chi connectivity index (χ4v) is 2.22. The van der Waals surface area contributed by atoms with E-state index in [0.29, 0.717) is 0 Å². The molecule has 0 saturated heterocycles. The van der Waals surface area contributed by atoms with Gasteiger partial charge in [-0.3, -0.25) is 0 Å². The molecule has 74 valence electrons. The third-order valence-corrected chi connectivity index (χ3v) is 3.09. The monoisotopic (exact) mass is 208 g/mol. The topological polar surface area (TPSA) is 59.1 Å². The first-order chi connectivity index (χ1) is 6.70. The fraction of sp³-hybridized carbons (Fsp3) is 0.300. The second-order valence-corrected chi connectivity index (χ2v) is 4.20. The zero-order chi connectivity index (χ0) is 10.1. The summed E-state index contributed by atoms with van der Waals surface area (Å²) >= 11 is 1.39. The lowest BCUT2D eigenvalue weighted by molar-refractivity contribution is 0.155. The molecule has 1 aromatic carbocycles. The van der Waals surface area contributed by atoms with Gasteiger partial charge in [0, 0.05) is 23.2 Å². The summed E-state index contributed by atoms with van der Waals surface area (Å²) < 4.78 is 5.12. The molecule has 2 aromatic rings. The molecule has 0 saturated carbocycles. The lowest BCUT2D eigenvalue weighted by atomic mass is 10.0. The third-order valence-electron chi connectivity index (χ3n) is 2.23. The first kappa shape index (κ1) is 9.58. The van der Waals surface area contributed by atoms with Crippen LogP contribution in [0.15, 0.2) is 24.4 Å². The summed E-state index contributed by atoms with van der Waals surface area (Å²) in [5.74, 6) is 0. The van der Waals surface area contributed by atoms with E-state index >= 15 is 0 Å². The highest BCUT2D eigenvalue weighted by Gasteiger charge is 2.15. The van der Waals surface area contributed by atoms with Gasteiger partial charge in [0.25, 0.3) is 0 Å². The number of aliphatic hydroxyl groups is 1. The van der Waals surface area contributed by atoms with Crippen LogP contribution in [0.4, 0.5) is 0 Å². The predicted octanol–water partition coefficient (Wildman–Crippen LogP) is 1.68. The second kappa shape index (κ2) is 3.65. The standard InChI is InChI=1S/C10H12N2OS/c1-6(11)9(13)8-4-2-3-7-5-12-14-10(7)8/h2-6,9,13H,11H2,1H3. The molecule has 0 spiro atoms. The highest BCUT2D eigenvalue weighted by Crippen LogP contribution is 2.28. The van der Waals surface area contributed by atoms with Gasteiger partial charge in [0.1, 0.15) is 0 Å². The van der Waals surface area contributed by atoms with E-state index in [1.165, 1.54) is 11.5 Å². The first-order valence-corrected chi connectivity index (χ1v) is 5.24. The molecule has 1 heterocycles. The van der Waals surface area contributed by atoms with E-state index in [1.807, 2.05) is 18.2 Å². The molecule has 2 unspecified atom stereocenters. The minimum absolute atomic E-state index is 0.261. The van der Waals surface area contributed by atoms with E-state index in [-0.39, 0.29) is 6.04 Å². The Morgan fingerprint density at radius 1 is 1.50 bits per heavy atom. The Balaban J connectivity index is 2.56. The maximum atomic E-state index is 9.87. The smallest absolute Gasteiger partial charge is 0.0952 e. The quantitative estimate of drug-likeness (QED) is 0.789. The summed E-state index contributed by atoms with van der Waals surface area (Å²) in [5.41, 5.74) is 6.54. The van der Waals surface area contributed by atoms with Gasteiger partial charge < -0.3 is 10.8 Å². The maximum Gasteiger partial charge on any atom is 0.0952 e. The number of nitrogens with two attached hydrogens (primary N) is 1. The first-order valence-electron chi connectivity index (χ1n) is 4.47. The van der Waals surface area contributed by atoms with Gasteiger partial charge in [-0.1, -0.05) is 18.2 Å². The second-order valence-electron chi connectivity index (χ2n) is 3.40. The number of hydrogen-bond acceptors (Lipinski definition) is 4. The van der Waals surface area contributed by atoms with Crippen molar-refractivity contribution in [2.45, 2.75) is 19.1 Å². The zero-order valence-electron chi connectivity index (χ0n) is 7.84. The van der Waals surface area contributed by atoms with Gasteiger partial charge in [-0.15, -0.1) is 0 Å². The molecule has 0 amide bonds. The number of aromatic nitrogens is 1.